The average molecular weight is 499 g/mol. The molecule has 3 aliphatic rings. The average Bonchev–Trinajstić information content (AvgIpc) is 3.55. The highest BCUT2D eigenvalue weighted by Gasteiger charge is 2.34. The fourth-order valence-electron chi connectivity index (χ4n) is 6.41. The van der Waals surface area contributed by atoms with Gasteiger partial charge in [-0.3, -0.25) is 14.3 Å². The quantitative estimate of drug-likeness (QED) is 0.375. The molecule has 2 aliphatic carbocycles. The molecule has 8 heteroatoms. The van der Waals surface area contributed by atoms with E-state index in [9.17, 15) is 4.79 Å². The fourth-order valence-corrected chi connectivity index (χ4v) is 6.41. The first kappa shape index (κ1) is 22.8. The Morgan fingerprint density at radius 2 is 1.92 bits per heavy atom. The second kappa shape index (κ2) is 8.58. The standard InChI is InChI=1S/C29H34N6O2/c1-16-8-11-22-20(15-33-35(22)23-7-2-3-12-37-23)26(16)34-27-19(13-17-5-4-6-17)25(18-9-10-18)32-14-21(27)24(28(34)30)29(31)36/h8,11,14-15,17-18,23H,2-7,9-10,12-13,30H2,1H3,(H2,31,36). The van der Waals surface area contributed by atoms with Gasteiger partial charge in [-0.25, -0.2) is 4.68 Å². The van der Waals surface area contributed by atoms with Crippen LogP contribution in [-0.4, -0.2) is 31.8 Å². The number of aromatic nitrogens is 4. The summed E-state index contributed by atoms with van der Waals surface area (Å²) in [4.78, 5) is 17.7. The Bertz CT molecular complexity index is 1540. The first-order valence-corrected chi connectivity index (χ1v) is 13.7. The van der Waals surface area contributed by atoms with Crippen molar-refractivity contribution in [2.75, 3.05) is 12.3 Å². The SMILES string of the molecule is Cc1ccc2c(cnn2C2CCCCO2)c1-n1c(N)c(C(N)=O)c2cnc(C3CC3)c(CC3CCC3)c21. The summed E-state index contributed by atoms with van der Waals surface area (Å²) in [6.07, 6.45) is 13.9. The predicted molar refractivity (Wildman–Crippen MR) is 144 cm³/mol. The molecule has 3 aromatic heterocycles. The Hall–Kier alpha value is -3.39. The van der Waals surface area contributed by atoms with Gasteiger partial charge in [0.15, 0.2) is 6.23 Å². The molecule has 1 amide bonds. The van der Waals surface area contributed by atoms with Gasteiger partial charge in [-0.1, -0.05) is 25.3 Å². The number of fused-ring (bicyclic) bond motifs is 2. The van der Waals surface area contributed by atoms with E-state index in [0.29, 0.717) is 23.2 Å². The van der Waals surface area contributed by atoms with E-state index in [2.05, 4.69) is 23.6 Å². The van der Waals surface area contributed by atoms with Gasteiger partial charge in [-0.05, 0) is 68.6 Å². The Kier molecular flexibility index (Phi) is 5.29. The lowest BCUT2D eigenvalue weighted by Gasteiger charge is -2.27. The van der Waals surface area contributed by atoms with E-state index in [1.807, 2.05) is 17.1 Å². The summed E-state index contributed by atoms with van der Waals surface area (Å²) < 4.78 is 10.2. The van der Waals surface area contributed by atoms with E-state index in [4.69, 9.17) is 26.3 Å². The zero-order valence-electron chi connectivity index (χ0n) is 21.4. The summed E-state index contributed by atoms with van der Waals surface area (Å²) in [6.45, 7) is 2.84. The van der Waals surface area contributed by atoms with Crippen LogP contribution in [0, 0.1) is 12.8 Å². The van der Waals surface area contributed by atoms with Gasteiger partial charge in [0.05, 0.1) is 28.5 Å². The number of ether oxygens (including phenoxy) is 1. The maximum atomic E-state index is 12.7. The number of nitrogen functional groups attached to an aromatic ring is 1. The Morgan fingerprint density at radius 3 is 2.59 bits per heavy atom. The van der Waals surface area contributed by atoms with E-state index >= 15 is 0 Å². The monoisotopic (exact) mass is 498 g/mol. The van der Waals surface area contributed by atoms with Gasteiger partial charge < -0.3 is 16.2 Å². The largest absolute Gasteiger partial charge is 0.384 e. The second-order valence-corrected chi connectivity index (χ2v) is 11.2. The first-order chi connectivity index (χ1) is 18.0. The number of hydrogen-bond donors (Lipinski definition) is 2. The minimum atomic E-state index is -0.520. The van der Waals surface area contributed by atoms with Crippen molar-refractivity contribution in [3.05, 3.63) is 46.9 Å². The van der Waals surface area contributed by atoms with Crippen LogP contribution >= 0.6 is 0 Å². The van der Waals surface area contributed by atoms with Gasteiger partial charge >= 0.3 is 0 Å². The third kappa shape index (κ3) is 3.56. The smallest absolute Gasteiger partial charge is 0.253 e. The topological polar surface area (TPSA) is 114 Å². The second-order valence-electron chi connectivity index (χ2n) is 11.2. The number of rotatable bonds is 6. The molecule has 2 saturated carbocycles. The Labute approximate surface area is 216 Å². The summed E-state index contributed by atoms with van der Waals surface area (Å²) in [5, 5.41) is 6.53. The van der Waals surface area contributed by atoms with Crippen molar-refractivity contribution < 1.29 is 9.53 Å². The van der Waals surface area contributed by atoms with E-state index in [0.717, 1.165) is 78.2 Å². The van der Waals surface area contributed by atoms with Crippen molar-refractivity contribution in [2.45, 2.75) is 76.9 Å². The number of aryl methyl sites for hydroxylation is 1. The minimum absolute atomic E-state index is 0.0680. The van der Waals surface area contributed by atoms with Crippen LogP contribution in [0.25, 0.3) is 27.5 Å². The van der Waals surface area contributed by atoms with Crippen molar-refractivity contribution in [2.24, 2.45) is 11.7 Å². The molecule has 3 fully saturated rings. The molecule has 1 aromatic carbocycles. The fraction of sp³-hybridized carbons (Fsp3) is 0.483. The van der Waals surface area contributed by atoms with E-state index in [1.165, 1.54) is 30.5 Å². The van der Waals surface area contributed by atoms with Crippen LogP contribution < -0.4 is 11.5 Å². The van der Waals surface area contributed by atoms with Crippen LogP contribution in [0.2, 0.25) is 0 Å². The number of carbonyl (C=O) groups excluding carboxylic acids is 1. The van der Waals surface area contributed by atoms with Gasteiger partial charge in [-0.15, -0.1) is 0 Å². The summed E-state index contributed by atoms with van der Waals surface area (Å²) in [5.41, 5.74) is 19.6. The van der Waals surface area contributed by atoms with Crippen LogP contribution in [0.4, 0.5) is 5.82 Å². The molecule has 4 heterocycles. The predicted octanol–water partition coefficient (Wildman–Crippen LogP) is 5.28. The van der Waals surface area contributed by atoms with Gasteiger partial charge in [-0.2, -0.15) is 5.10 Å². The Morgan fingerprint density at radius 1 is 1.08 bits per heavy atom. The maximum Gasteiger partial charge on any atom is 0.253 e. The summed E-state index contributed by atoms with van der Waals surface area (Å²) in [5.74, 6) is 0.996. The molecule has 4 aromatic rings. The highest BCUT2D eigenvalue weighted by atomic mass is 16.5. The summed E-state index contributed by atoms with van der Waals surface area (Å²) >= 11 is 0. The van der Waals surface area contributed by atoms with Crippen LogP contribution in [0.15, 0.2) is 24.5 Å². The van der Waals surface area contributed by atoms with Crippen LogP contribution in [0.1, 0.15) is 90.7 Å². The number of hydrogen-bond acceptors (Lipinski definition) is 5. The van der Waals surface area contributed by atoms with Gasteiger partial charge in [0, 0.05) is 35.2 Å². The van der Waals surface area contributed by atoms with Gasteiger partial charge in [0.25, 0.3) is 5.91 Å². The lowest BCUT2D eigenvalue weighted by molar-refractivity contribution is -0.0366. The van der Waals surface area contributed by atoms with E-state index in [1.54, 1.807) is 0 Å². The molecule has 1 unspecified atom stereocenters. The number of carbonyl (C=O) groups is 1. The number of primary amides is 1. The van der Waals surface area contributed by atoms with Gasteiger partial charge in [0.2, 0.25) is 0 Å². The lowest BCUT2D eigenvalue weighted by Crippen LogP contribution is -2.19. The third-order valence-corrected chi connectivity index (χ3v) is 8.71. The molecule has 7 rings (SSSR count). The van der Waals surface area contributed by atoms with Gasteiger partial charge in [0.1, 0.15) is 5.82 Å². The number of benzene rings is 1. The van der Waals surface area contributed by atoms with Crippen LogP contribution in [0.5, 0.6) is 0 Å². The van der Waals surface area contributed by atoms with Crippen molar-refractivity contribution >= 4 is 33.5 Å². The number of pyridine rings is 1. The molecule has 1 atom stereocenters. The number of nitrogens with two attached hydrogens (primary N) is 2. The molecule has 4 N–H and O–H groups in total. The van der Waals surface area contributed by atoms with E-state index in [-0.39, 0.29) is 6.23 Å². The van der Waals surface area contributed by atoms with Crippen molar-refractivity contribution in [1.82, 2.24) is 19.3 Å². The zero-order chi connectivity index (χ0) is 25.3. The number of anilines is 1. The molecule has 37 heavy (non-hydrogen) atoms. The molecule has 8 nitrogen and oxygen atoms in total. The normalized spacial score (nSPS) is 20.5. The molecule has 0 bridgehead atoms. The third-order valence-electron chi connectivity index (χ3n) is 8.71. The Balaban J connectivity index is 1.52. The highest BCUT2D eigenvalue weighted by molar-refractivity contribution is 6.13. The molecule has 0 radical (unpaired) electrons. The number of nitrogens with zero attached hydrogens (tertiary/aromatic N) is 4. The van der Waals surface area contributed by atoms with Crippen molar-refractivity contribution in [1.29, 1.82) is 0 Å². The maximum absolute atomic E-state index is 12.7. The molecule has 1 saturated heterocycles. The zero-order valence-corrected chi connectivity index (χ0v) is 21.4. The van der Waals surface area contributed by atoms with Crippen LogP contribution in [-0.2, 0) is 11.2 Å². The van der Waals surface area contributed by atoms with Crippen molar-refractivity contribution in [3.8, 4) is 5.69 Å². The molecule has 0 spiro atoms. The number of amides is 1. The summed E-state index contributed by atoms with van der Waals surface area (Å²) in [7, 11) is 0. The molecular weight excluding hydrogens is 464 g/mol. The molecule has 1 aliphatic heterocycles. The minimum Gasteiger partial charge on any atom is -0.384 e. The van der Waals surface area contributed by atoms with Crippen LogP contribution in [0.3, 0.4) is 0 Å². The summed E-state index contributed by atoms with van der Waals surface area (Å²) in [6, 6.07) is 4.23. The lowest BCUT2D eigenvalue weighted by atomic mass is 9.80. The first-order valence-electron chi connectivity index (χ1n) is 13.7. The molecular formula is C29H34N6O2. The molecule has 192 valence electrons. The van der Waals surface area contributed by atoms with Crippen molar-refractivity contribution in [3.63, 3.8) is 0 Å². The van der Waals surface area contributed by atoms with E-state index < -0.39 is 5.91 Å². The highest BCUT2D eigenvalue weighted by Crippen LogP contribution is 2.46.